The zero-order valence-corrected chi connectivity index (χ0v) is 11.2. The number of carbonyl (C=O) groups is 1. The lowest BCUT2D eigenvalue weighted by Crippen LogP contribution is -2.44. The van der Waals surface area contributed by atoms with Crippen molar-refractivity contribution >= 4 is 17.5 Å². The molecular weight excluding hydrogens is 236 g/mol. The van der Waals surface area contributed by atoms with Gasteiger partial charge in [-0.3, -0.25) is 4.79 Å². The van der Waals surface area contributed by atoms with E-state index >= 15 is 0 Å². The predicted octanol–water partition coefficient (Wildman–Crippen LogP) is 2.34. The number of hydrogen-bond acceptors (Lipinski definition) is 2. The summed E-state index contributed by atoms with van der Waals surface area (Å²) in [7, 11) is 0. The Balaban J connectivity index is 2.46. The quantitative estimate of drug-likeness (QED) is 0.847. The third-order valence-electron chi connectivity index (χ3n) is 2.38. The average Bonchev–Trinajstić information content (AvgIpc) is 2.26. The maximum absolute atomic E-state index is 11.7. The summed E-state index contributed by atoms with van der Waals surface area (Å²) < 4.78 is 0. The van der Waals surface area contributed by atoms with Gasteiger partial charge in [0.05, 0.1) is 6.04 Å². The highest BCUT2D eigenvalue weighted by atomic mass is 35.5. The molecule has 1 atom stereocenters. The molecule has 0 fully saturated rings. The van der Waals surface area contributed by atoms with Gasteiger partial charge >= 0.3 is 0 Å². The highest BCUT2D eigenvalue weighted by molar-refractivity contribution is 6.31. The molecule has 0 spiro atoms. The zero-order valence-electron chi connectivity index (χ0n) is 10.5. The van der Waals surface area contributed by atoms with E-state index in [4.69, 9.17) is 11.6 Å². The van der Waals surface area contributed by atoms with Crippen molar-refractivity contribution in [2.75, 3.05) is 0 Å². The minimum absolute atomic E-state index is 0.00653. The van der Waals surface area contributed by atoms with E-state index in [0.29, 0.717) is 6.54 Å². The molecule has 0 aliphatic carbocycles. The van der Waals surface area contributed by atoms with Gasteiger partial charge in [0.15, 0.2) is 0 Å². The van der Waals surface area contributed by atoms with Crippen LogP contribution in [0.25, 0.3) is 0 Å². The van der Waals surface area contributed by atoms with Crippen molar-refractivity contribution in [1.82, 2.24) is 10.6 Å². The van der Waals surface area contributed by atoms with Crippen LogP contribution in [0.4, 0.5) is 0 Å². The second kappa shape index (κ2) is 6.62. The fraction of sp³-hybridized carbons (Fsp3) is 0.462. The SMILES string of the molecule is CC(C)NC(=O)C(C)NCc1ccccc1Cl. The molecule has 0 bridgehead atoms. The summed E-state index contributed by atoms with van der Waals surface area (Å²) >= 11 is 6.03. The summed E-state index contributed by atoms with van der Waals surface area (Å²) in [5, 5.41) is 6.73. The Labute approximate surface area is 108 Å². The molecule has 0 saturated carbocycles. The Morgan fingerprint density at radius 1 is 1.29 bits per heavy atom. The first-order valence-corrected chi connectivity index (χ1v) is 6.15. The molecular formula is C13H19ClN2O. The molecule has 0 heterocycles. The van der Waals surface area contributed by atoms with Crippen LogP contribution in [0.15, 0.2) is 24.3 Å². The number of halogens is 1. The Kier molecular flexibility index (Phi) is 5.45. The number of benzene rings is 1. The maximum atomic E-state index is 11.7. The first-order valence-electron chi connectivity index (χ1n) is 5.78. The molecule has 0 aliphatic rings. The van der Waals surface area contributed by atoms with E-state index in [1.54, 1.807) is 0 Å². The monoisotopic (exact) mass is 254 g/mol. The van der Waals surface area contributed by atoms with Gasteiger partial charge < -0.3 is 10.6 Å². The molecule has 0 aromatic heterocycles. The molecule has 1 aromatic carbocycles. The van der Waals surface area contributed by atoms with Crippen molar-refractivity contribution in [2.45, 2.75) is 39.4 Å². The van der Waals surface area contributed by atoms with Crippen molar-refractivity contribution < 1.29 is 4.79 Å². The van der Waals surface area contributed by atoms with Crippen LogP contribution >= 0.6 is 11.6 Å². The van der Waals surface area contributed by atoms with Gasteiger partial charge in [-0.05, 0) is 32.4 Å². The molecule has 1 rings (SSSR count). The number of hydrogen-bond donors (Lipinski definition) is 2. The third kappa shape index (κ3) is 4.75. The second-order valence-corrected chi connectivity index (χ2v) is 4.76. The summed E-state index contributed by atoms with van der Waals surface area (Å²) in [6, 6.07) is 7.54. The fourth-order valence-electron chi connectivity index (χ4n) is 1.41. The summed E-state index contributed by atoms with van der Waals surface area (Å²) in [5.74, 6) is 0.00653. The highest BCUT2D eigenvalue weighted by Gasteiger charge is 2.13. The van der Waals surface area contributed by atoms with Gasteiger partial charge in [0.1, 0.15) is 0 Å². The minimum Gasteiger partial charge on any atom is -0.353 e. The van der Waals surface area contributed by atoms with Gasteiger partial charge in [-0.2, -0.15) is 0 Å². The van der Waals surface area contributed by atoms with E-state index in [-0.39, 0.29) is 18.0 Å². The maximum Gasteiger partial charge on any atom is 0.237 e. The molecule has 0 saturated heterocycles. The third-order valence-corrected chi connectivity index (χ3v) is 2.75. The van der Waals surface area contributed by atoms with E-state index in [1.807, 2.05) is 45.0 Å². The van der Waals surface area contributed by atoms with Crippen LogP contribution < -0.4 is 10.6 Å². The minimum atomic E-state index is -0.228. The Bertz CT molecular complexity index is 379. The largest absolute Gasteiger partial charge is 0.353 e. The van der Waals surface area contributed by atoms with Crippen molar-refractivity contribution in [1.29, 1.82) is 0 Å². The molecule has 0 radical (unpaired) electrons. The van der Waals surface area contributed by atoms with Gasteiger partial charge in [-0.15, -0.1) is 0 Å². The first-order chi connectivity index (χ1) is 8.00. The van der Waals surface area contributed by atoms with E-state index in [2.05, 4.69) is 10.6 Å². The summed E-state index contributed by atoms with van der Waals surface area (Å²) in [4.78, 5) is 11.7. The standard InChI is InChI=1S/C13H19ClN2O/c1-9(2)16-13(17)10(3)15-8-11-6-4-5-7-12(11)14/h4-7,9-10,15H,8H2,1-3H3,(H,16,17). The molecule has 0 aliphatic heterocycles. The molecule has 1 unspecified atom stereocenters. The normalized spacial score (nSPS) is 12.5. The van der Waals surface area contributed by atoms with Crippen LogP contribution in [0.2, 0.25) is 5.02 Å². The van der Waals surface area contributed by atoms with Crippen LogP contribution in [-0.4, -0.2) is 18.0 Å². The molecule has 1 amide bonds. The zero-order chi connectivity index (χ0) is 12.8. The van der Waals surface area contributed by atoms with Gasteiger partial charge in [0, 0.05) is 17.6 Å². The lowest BCUT2D eigenvalue weighted by atomic mass is 10.2. The van der Waals surface area contributed by atoms with Crippen LogP contribution in [0.5, 0.6) is 0 Å². The summed E-state index contributed by atoms with van der Waals surface area (Å²) in [6.45, 7) is 6.32. The van der Waals surface area contributed by atoms with Crippen LogP contribution in [0.1, 0.15) is 26.3 Å². The lowest BCUT2D eigenvalue weighted by Gasteiger charge is -2.16. The van der Waals surface area contributed by atoms with E-state index in [1.165, 1.54) is 0 Å². The Hall–Kier alpha value is -1.06. The summed E-state index contributed by atoms with van der Waals surface area (Å²) in [5.41, 5.74) is 0.998. The Morgan fingerprint density at radius 3 is 2.53 bits per heavy atom. The molecule has 1 aromatic rings. The van der Waals surface area contributed by atoms with Crippen molar-refractivity contribution in [3.63, 3.8) is 0 Å². The topological polar surface area (TPSA) is 41.1 Å². The van der Waals surface area contributed by atoms with Crippen molar-refractivity contribution in [3.8, 4) is 0 Å². The Morgan fingerprint density at radius 2 is 1.94 bits per heavy atom. The number of amides is 1. The van der Waals surface area contributed by atoms with Crippen molar-refractivity contribution in [2.24, 2.45) is 0 Å². The number of rotatable bonds is 5. The first kappa shape index (κ1) is 14.0. The molecule has 4 heteroatoms. The highest BCUT2D eigenvalue weighted by Crippen LogP contribution is 2.14. The van der Waals surface area contributed by atoms with Gasteiger partial charge in [0.25, 0.3) is 0 Å². The van der Waals surface area contributed by atoms with E-state index < -0.39 is 0 Å². The second-order valence-electron chi connectivity index (χ2n) is 4.36. The average molecular weight is 255 g/mol. The lowest BCUT2D eigenvalue weighted by molar-refractivity contribution is -0.123. The van der Waals surface area contributed by atoms with Crippen LogP contribution in [0, 0.1) is 0 Å². The van der Waals surface area contributed by atoms with Gasteiger partial charge in [-0.25, -0.2) is 0 Å². The molecule has 3 nitrogen and oxygen atoms in total. The fourth-order valence-corrected chi connectivity index (χ4v) is 1.61. The number of carbonyl (C=O) groups excluding carboxylic acids is 1. The van der Waals surface area contributed by atoms with Gasteiger partial charge in [-0.1, -0.05) is 29.8 Å². The molecule has 2 N–H and O–H groups in total. The van der Waals surface area contributed by atoms with E-state index in [0.717, 1.165) is 10.6 Å². The van der Waals surface area contributed by atoms with Crippen LogP contribution in [0.3, 0.4) is 0 Å². The predicted molar refractivity (Wildman–Crippen MR) is 71.0 cm³/mol. The molecule has 17 heavy (non-hydrogen) atoms. The summed E-state index contributed by atoms with van der Waals surface area (Å²) in [6.07, 6.45) is 0. The molecule has 94 valence electrons. The number of nitrogens with one attached hydrogen (secondary N) is 2. The van der Waals surface area contributed by atoms with E-state index in [9.17, 15) is 4.79 Å². The smallest absolute Gasteiger partial charge is 0.237 e. The van der Waals surface area contributed by atoms with Crippen molar-refractivity contribution in [3.05, 3.63) is 34.9 Å². The van der Waals surface area contributed by atoms with Crippen LogP contribution in [-0.2, 0) is 11.3 Å². The van der Waals surface area contributed by atoms with Gasteiger partial charge in [0.2, 0.25) is 5.91 Å².